The van der Waals surface area contributed by atoms with Gasteiger partial charge >= 0.3 is 6.18 Å². The molecule has 1 fully saturated rings. The molecule has 0 aliphatic carbocycles. The van der Waals surface area contributed by atoms with Gasteiger partial charge in [-0.1, -0.05) is 29.8 Å². The number of carbonyl (C=O) groups is 1. The molecule has 0 spiro atoms. The van der Waals surface area contributed by atoms with Gasteiger partial charge in [-0.2, -0.15) is 13.2 Å². The molecule has 37 heavy (non-hydrogen) atoms. The van der Waals surface area contributed by atoms with Crippen LogP contribution in [0.1, 0.15) is 27.0 Å². The van der Waals surface area contributed by atoms with Crippen molar-refractivity contribution >= 4 is 42.3 Å². The zero-order valence-electron chi connectivity index (χ0n) is 20.0. The van der Waals surface area contributed by atoms with Crippen LogP contribution in [0.25, 0.3) is 0 Å². The van der Waals surface area contributed by atoms with Gasteiger partial charge in [-0.15, -0.1) is 24.8 Å². The van der Waals surface area contributed by atoms with Gasteiger partial charge in [0.15, 0.2) is 0 Å². The number of hydrogen-bond acceptors (Lipinski definition) is 4. The normalized spacial score (nSPS) is 15.9. The van der Waals surface area contributed by atoms with Gasteiger partial charge < -0.3 is 9.64 Å². The van der Waals surface area contributed by atoms with Crippen molar-refractivity contribution in [1.29, 1.82) is 0 Å². The Morgan fingerprint density at radius 3 is 2.43 bits per heavy atom. The summed E-state index contributed by atoms with van der Waals surface area (Å²) in [4.78, 5) is 21.6. The number of hydrogen-bond donors (Lipinski definition) is 0. The van der Waals surface area contributed by atoms with Crippen LogP contribution < -0.4 is 4.74 Å². The molecular formula is C26H27Cl3F3N3O2. The quantitative estimate of drug-likeness (QED) is 0.352. The molecule has 2 aromatic carbocycles. The number of amides is 1. The fourth-order valence-corrected chi connectivity index (χ4v) is 4.44. The second-order valence-electron chi connectivity index (χ2n) is 8.53. The predicted molar refractivity (Wildman–Crippen MR) is 142 cm³/mol. The molecule has 0 N–H and O–H groups in total. The molecule has 1 unspecified atom stereocenters. The van der Waals surface area contributed by atoms with Gasteiger partial charge in [-0.05, 0) is 53.9 Å². The van der Waals surface area contributed by atoms with Crippen molar-refractivity contribution < 1.29 is 22.7 Å². The lowest BCUT2D eigenvalue weighted by Gasteiger charge is -2.42. The van der Waals surface area contributed by atoms with E-state index in [4.69, 9.17) is 16.3 Å². The number of pyridine rings is 1. The van der Waals surface area contributed by atoms with Crippen LogP contribution in [0, 0.1) is 0 Å². The summed E-state index contributed by atoms with van der Waals surface area (Å²) in [7, 11) is 1.28. The van der Waals surface area contributed by atoms with Gasteiger partial charge in [-0.25, -0.2) is 0 Å². The van der Waals surface area contributed by atoms with Crippen LogP contribution >= 0.6 is 36.4 Å². The van der Waals surface area contributed by atoms with Gasteiger partial charge in [0.25, 0.3) is 5.91 Å². The average molecular weight is 577 g/mol. The third-order valence-corrected chi connectivity index (χ3v) is 6.31. The molecule has 1 aliphatic heterocycles. The van der Waals surface area contributed by atoms with E-state index in [1.165, 1.54) is 13.2 Å². The summed E-state index contributed by atoms with van der Waals surface area (Å²) in [6, 6.07) is 14.2. The Hall–Kier alpha value is -2.52. The largest absolute Gasteiger partial charge is 0.497 e. The lowest BCUT2D eigenvalue weighted by molar-refractivity contribution is -0.137. The SMILES string of the molecule is COc1cc(C(=O)N2CCN(Cc3cccnc3)CC2Cc2ccc(Cl)cc2)cc(C(F)(F)F)c1.Cl.Cl. The van der Waals surface area contributed by atoms with E-state index in [1.54, 1.807) is 29.4 Å². The zero-order valence-corrected chi connectivity index (χ0v) is 22.3. The minimum Gasteiger partial charge on any atom is -0.497 e. The molecule has 0 bridgehead atoms. The first-order chi connectivity index (χ1) is 16.7. The lowest BCUT2D eigenvalue weighted by Crippen LogP contribution is -2.55. The third kappa shape index (κ3) is 7.98. The maximum Gasteiger partial charge on any atom is 0.416 e. The van der Waals surface area contributed by atoms with Crippen LogP contribution in [0.4, 0.5) is 13.2 Å². The Bertz CT molecular complexity index is 1170. The summed E-state index contributed by atoms with van der Waals surface area (Å²) >= 11 is 6.02. The minimum atomic E-state index is -4.59. The summed E-state index contributed by atoms with van der Waals surface area (Å²) in [5.41, 5.74) is 1.09. The van der Waals surface area contributed by atoms with Crippen molar-refractivity contribution in [3.8, 4) is 5.75 Å². The van der Waals surface area contributed by atoms with E-state index in [2.05, 4.69) is 9.88 Å². The number of rotatable bonds is 6. The summed E-state index contributed by atoms with van der Waals surface area (Å²) in [6.07, 6.45) is -0.523. The highest BCUT2D eigenvalue weighted by Crippen LogP contribution is 2.33. The summed E-state index contributed by atoms with van der Waals surface area (Å²) in [5, 5.41) is 0.611. The molecule has 4 rings (SSSR count). The first-order valence-corrected chi connectivity index (χ1v) is 11.5. The Morgan fingerprint density at radius 1 is 1.08 bits per heavy atom. The second-order valence-corrected chi connectivity index (χ2v) is 8.96. The van der Waals surface area contributed by atoms with E-state index in [-0.39, 0.29) is 42.2 Å². The molecule has 1 atom stereocenters. The minimum absolute atomic E-state index is 0. The van der Waals surface area contributed by atoms with Crippen LogP contribution in [0.5, 0.6) is 5.75 Å². The number of ether oxygens (including phenoxy) is 1. The molecule has 1 aliphatic rings. The fourth-order valence-electron chi connectivity index (χ4n) is 4.32. The number of carbonyl (C=O) groups excluding carboxylic acids is 1. The molecular weight excluding hydrogens is 550 g/mol. The second kappa shape index (κ2) is 13.3. The topological polar surface area (TPSA) is 45.7 Å². The maximum absolute atomic E-state index is 13.5. The highest BCUT2D eigenvalue weighted by atomic mass is 35.5. The van der Waals surface area contributed by atoms with Gasteiger partial charge in [0.1, 0.15) is 5.75 Å². The molecule has 0 radical (unpaired) electrons. The van der Waals surface area contributed by atoms with E-state index in [0.717, 1.165) is 23.3 Å². The predicted octanol–water partition coefficient (Wildman–Crippen LogP) is 6.18. The number of alkyl halides is 3. The number of aromatic nitrogens is 1. The Labute approximate surface area is 231 Å². The first-order valence-electron chi connectivity index (χ1n) is 11.2. The Morgan fingerprint density at radius 2 is 1.81 bits per heavy atom. The fraction of sp³-hybridized carbons (Fsp3) is 0.308. The van der Waals surface area contributed by atoms with Gasteiger partial charge in [0.2, 0.25) is 0 Å². The van der Waals surface area contributed by atoms with Crippen LogP contribution in [0.3, 0.4) is 0 Å². The molecule has 1 saturated heterocycles. The van der Waals surface area contributed by atoms with Crippen molar-refractivity contribution in [2.24, 2.45) is 0 Å². The van der Waals surface area contributed by atoms with E-state index in [0.29, 0.717) is 37.6 Å². The highest BCUT2D eigenvalue weighted by molar-refractivity contribution is 6.30. The molecule has 1 amide bonds. The smallest absolute Gasteiger partial charge is 0.416 e. The van der Waals surface area contributed by atoms with Crippen LogP contribution in [0.2, 0.25) is 5.02 Å². The molecule has 5 nitrogen and oxygen atoms in total. The molecule has 200 valence electrons. The number of piperazine rings is 1. The van der Waals surface area contributed by atoms with Crippen molar-refractivity contribution in [3.63, 3.8) is 0 Å². The van der Waals surface area contributed by atoms with Gasteiger partial charge in [0.05, 0.1) is 12.7 Å². The van der Waals surface area contributed by atoms with Crippen molar-refractivity contribution in [1.82, 2.24) is 14.8 Å². The number of benzene rings is 2. The number of nitrogens with zero attached hydrogens (tertiary/aromatic N) is 3. The van der Waals surface area contributed by atoms with Crippen LogP contribution in [-0.4, -0.2) is 53.5 Å². The summed E-state index contributed by atoms with van der Waals surface area (Å²) in [5.74, 6) is -0.456. The molecule has 1 aromatic heterocycles. The van der Waals surface area contributed by atoms with Crippen molar-refractivity contribution in [2.45, 2.75) is 25.2 Å². The van der Waals surface area contributed by atoms with Crippen LogP contribution in [-0.2, 0) is 19.1 Å². The maximum atomic E-state index is 13.5. The Balaban J connectivity index is 0.00000241. The molecule has 3 aromatic rings. The summed E-state index contributed by atoms with van der Waals surface area (Å²) < 4.78 is 45.4. The monoisotopic (exact) mass is 575 g/mol. The number of halogens is 6. The van der Waals surface area contributed by atoms with E-state index in [1.807, 2.05) is 24.3 Å². The third-order valence-electron chi connectivity index (χ3n) is 6.06. The Kier molecular flexibility index (Phi) is 11.1. The average Bonchev–Trinajstić information content (AvgIpc) is 2.85. The number of methoxy groups -OCH3 is 1. The van der Waals surface area contributed by atoms with E-state index < -0.39 is 17.6 Å². The van der Waals surface area contributed by atoms with Gasteiger partial charge in [0, 0.05) is 55.2 Å². The van der Waals surface area contributed by atoms with E-state index in [9.17, 15) is 18.0 Å². The van der Waals surface area contributed by atoms with Gasteiger partial charge in [-0.3, -0.25) is 14.7 Å². The van der Waals surface area contributed by atoms with Crippen LogP contribution in [0.15, 0.2) is 67.0 Å². The van der Waals surface area contributed by atoms with Crippen molar-refractivity contribution in [3.05, 3.63) is 94.3 Å². The molecule has 11 heteroatoms. The standard InChI is InChI=1S/C26H25ClF3N3O2.2ClH/c1-35-24-13-20(12-21(14-24)26(28,29)30)25(34)33-10-9-32(16-19-3-2-8-31-15-19)17-23(33)11-18-4-6-22(27)7-5-18;;/h2-8,12-15,23H,9-11,16-17H2,1H3;2*1H. The molecule has 0 saturated carbocycles. The molecule has 2 heterocycles. The zero-order chi connectivity index (χ0) is 25.0. The first kappa shape index (κ1) is 30.7. The van der Waals surface area contributed by atoms with E-state index >= 15 is 0 Å². The summed E-state index contributed by atoms with van der Waals surface area (Å²) in [6.45, 7) is 2.22. The van der Waals surface area contributed by atoms with Crippen molar-refractivity contribution in [2.75, 3.05) is 26.7 Å². The highest BCUT2D eigenvalue weighted by Gasteiger charge is 2.35. The lowest BCUT2D eigenvalue weighted by atomic mass is 10.00.